The third-order valence-corrected chi connectivity index (χ3v) is 6.43. The number of ether oxygens (including phenoxy) is 1. The lowest BCUT2D eigenvalue weighted by atomic mass is 10.1. The molecular formula is C10H15N5O10P2S. The molecule has 1 saturated heterocycles. The lowest BCUT2D eigenvalue weighted by Gasteiger charge is -2.18. The molecule has 8 N–H and O–H groups in total. The van der Waals surface area contributed by atoms with Crippen LogP contribution in [0.2, 0.25) is 0 Å². The van der Waals surface area contributed by atoms with Gasteiger partial charge in [-0.3, -0.25) is 18.9 Å². The Labute approximate surface area is 160 Å². The van der Waals surface area contributed by atoms with Gasteiger partial charge in [-0.15, -0.1) is 0 Å². The van der Waals surface area contributed by atoms with Crippen molar-refractivity contribution in [3.8, 4) is 0 Å². The first-order valence-corrected chi connectivity index (χ1v) is 11.5. The highest BCUT2D eigenvalue weighted by molar-refractivity contribution is 8.08. The summed E-state index contributed by atoms with van der Waals surface area (Å²) in [5.41, 5.74) is 4.73. The molecule has 5 atom stereocenters. The molecule has 1 aliphatic rings. The first-order chi connectivity index (χ1) is 12.9. The topological polar surface area (TPSA) is 235 Å². The van der Waals surface area contributed by atoms with E-state index in [0.29, 0.717) is 0 Å². The Morgan fingerprint density at radius 2 is 2.04 bits per heavy atom. The van der Waals surface area contributed by atoms with Crippen LogP contribution < -0.4 is 11.3 Å². The lowest BCUT2D eigenvalue weighted by molar-refractivity contribution is -0.0502. The van der Waals surface area contributed by atoms with Crippen molar-refractivity contribution in [1.29, 1.82) is 0 Å². The predicted molar refractivity (Wildman–Crippen MR) is 94.1 cm³/mol. The highest BCUT2D eigenvalue weighted by Gasteiger charge is 2.45. The van der Waals surface area contributed by atoms with E-state index in [1.54, 1.807) is 0 Å². The number of imidazole rings is 1. The second kappa shape index (κ2) is 7.51. The summed E-state index contributed by atoms with van der Waals surface area (Å²) in [6.07, 6.45) is -4.65. The number of nitrogens with one attached hydrogen (secondary N) is 1. The van der Waals surface area contributed by atoms with Gasteiger partial charge >= 0.3 is 14.5 Å². The maximum Gasteiger partial charge on any atom is 0.479 e. The summed E-state index contributed by atoms with van der Waals surface area (Å²) in [5, 5.41) is 20.3. The van der Waals surface area contributed by atoms with Crippen molar-refractivity contribution in [2.45, 2.75) is 24.5 Å². The van der Waals surface area contributed by atoms with Gasteiger partial charge in [0.15, 0.2) is 17.4 Å². The summed E-state index contributed by atoms with van der Waals surface area (Å²) in [7, 11) is -4.97. The quantitative estimate of drug-likeness (QED) is 0.224. The molecule has 2 aromatic rings. The maximum atomic E-state index is 11.8. The minimum absolute atomic E-state index is 0.0310. The molecule has 0 bridgehead atoms. The number of aliphatic hydroxyl groups is 2. The fourth-order valence-corrected chi connectivity index (χ4v) is 4.91. The SMILES string of the molecule is Nc1nc2c(ncn2[C@@H]2O[C@H](COP(=O)(O)OP(O)(O)=S)[C@H](O)C2O)c(=O)[nH]1. The molecule has 0 radical (unpaired) electrons. The average Bonchev–Trinajstić information content (AvgIpc) is 3.06. The molecule has 1 aliphatic heterocycles. The lowest BCUT2D eigenvalue weighted by Crippen LogP contribution is -2.33. The molecule has 0 aliphatic carbocycles. The van der Waals surface area contributed by atoms with Gasteiger partial charge in [0.25, 0.3) is 5.56 Å². The van der Waals surface area contributed by atoms with Crippen LogP contribution in [0.1, 0.15) is 6.23 Å². The van der Waals surface area contributed by atoms with Crippen molar-refractivity contribution in [2.75, 3.05) is 12.3 Å². The molecule has 1 fully saturated rings. The summed E-state index contributed by atoms with van der Waals surface area (Å²) >= 11 is 4.07. The summed E-state index contributed by atoms with van der Waals surface area (Å²) in [6.45, 7) is -5.26. The van der Waals surface area contributed by atoms with Crippen molar-refractivity contribution >= 4 is 43.5 Å². The molecule has 28 heavy (non-hydrogen) atoms. The average molecular weight is 459 g/mol. The Kier molecular flexibility index (Phi) is 5.75. The zero-order chi connectivity index (χ0) is 20.9. The third-order valence-electron chi connectivity index (χ3n) is 3.67. The van der Waals surface area contributed by atoms with Crippen LogP contribution in [0.4, 0.5) is 5.95 Å². The second-order valence-electron chi connectivity index (χ2n) is 5.66. The normalized spacial score (nSPS) is 27.9. The zero-order valence-electron chi connectivity index (χ0n) is 13.6. The largest absolute Gasteiger partial charge is 0.479 e. The minimum atomic E-state index is -4.97. The van der Waals surface area contributed by atoms with Crippen molar-refractivity contribution < 1.29 is 43.0 Å². The summed E-state index contributed by atoms with van der Waals surface area (Å²) < 4.78 is 26.7. The number of nitrogens with two attached hydrogens (primary N) is 1. The van der Waals surface area contributed by atoms with Crippen molar-refractivity contribution in [1.82, 2.24) is 19.5 Å². The zero-order valence-corrected chi connectivity index (χ0v) is 16.2. The highest BCUT2D eigenvalue weighted by atomic mass is 32.5. The van der Waals surface area contributed by atoms with E-state index >= 15 is 0 Å². The number of hydrogen-bond donors (Lipinski definition) is 7. The van der Waals surface area contributed by atoms with Crippen LogP contribution in [-0.4, -0.2) is 69.3 Å². The number of nitrogen functional groups attached to an aromatic ring is 1. The molecule has 0 amide bonds. The number of phosphoric ester groups is 1. The van der Waals surface area contributed by atoms with E-state index in [0.717, 1.165) is 10.9 Å². The van der Waals surface area contributed by atoms with Crippen LogP contribution in [0, 0.1) is 0 Å². The van der Waals surface area contributed by atoms with Crippen molar-refractivity contribution in [3.63, 3.8) is 0 Å². The molecule has 18 heteroatoms. The number of aromatic amines is 1. The van der Waals surface area contributed by atoms with Crippen LogP contribution in [0.5, 0.6) is 0 Å². The number of hydrogen-bond acceptors (Lipinski definition) is 11. The molecular weight excluding hydrogens is 444 g/mol. The number of aromatic nitrogens is 4. The van der Waals surface area contributed by atoms with Crippen molar-refractivity contribution in [2.24, 2.45) is 0 Å². The van der Waals surface area contributed by atoms with Gasteiger partial charge in [-0.05, 0) is 11.8 Å². The summed E-state index contributed by atoms with van der Waals surface area (Å²) in [4.78, 5) is 49.0. The fraction of sp³-hybridized carbons (Fsp3) is 0.500. The first-order valence-electron chi connectivity index (χ1n) is 7.36. The summed E-state index contributed by atoms with van der Waals surface area (Å²) in [5.74, 6) is -0.214. The van der Waals surface area contributed by atoms with E-state index in [4.69, 9.17) is 20.3 Å². The Morgan fingerprint density at radius 1 is 1.36 bits per heavy atom. The Balaban J connectivity index is 1.79. The Morgan fingerprint density at radius 3 is 2.68 bits per heavy atom. The standard InChI is InChI=1S/C10H15N5O10P2S/c11-10-13-7-4(8(18)14-10)12-2-15(7)9-6(17)5(16)3(24-9)1-23-26(19,20)25-27(21,22)28/h2-3,5-6,9,16-17H,1H2,(H,19,20)(H2,21,22,28)(H3,11,13,14,18)/t3-,5+,6?,9-/m1/s1. The number of aliphatic hydroxyl groups excluding tert-OH is 2. The highest BCUT2D eigenvalue weighted by Crippen LogP contribution is 2.58. The van der Waals surface area contributed by atoms with Crippen molar-refractivity contribution in [3.05, 3.63) is 16.7 Å². The van der Waals surface area contributed by atoms with Gasteiger partial charge in [0.2, 0.25) is 5.95 Å². The van der Waals surface area contributed by atoms with Crippen LogP contribution >= 0.6 is 14.5 Å². The third kappa shape index (κ3) is 4.48. The van der Waals surface area contributed by atoms with E-state index in [1.807, 2.05) is 0 Å². The summed E-state index contributed by atoms with van der Waals surface area (Å²) in [6, 6.07) is 0. The van der Waals surface area contributed by atoms with Gasteiger partial charge in [0.1, 0.15) is 18.3 Å². The molecule has 156 valence electrons. The number of phosphoric acid groups is 1. The van der Waals surface area contributed by atoms with Gasteiger partial charge in [0, 0.05) is 0 Å². The number of fused-ring (bicyclic) bond motifs is 1. The van der Waals surface area contributed by atoms with Crippen LogP contribution in [0.25, 0.3) is 11.2 Å². The molecule has 15 nitrogen and oxygen atoms in total. The molecule has 2 unspecified atom stereocenters. The number of H-pyrrole nitrogens is 1. The number of rotatable bonds is 6. The molecule has 3 rings (SSSR count). The van der Waals surface area contributed by atoms with E-state index in [1.165, 1.54) is 0 Å². The molecule has 0 spiro atoms. The van der Waals surface area contributed by atoms with Gasteiger partial charge in [-0.25, -0.2) is 13.9 Å². The molecule has 3 heterocycles. The van der Waals surface area contributed by atoms with E-state index in [9.17, 15) is 24.5 Å². The molecule has 2 aromatic heterocycles. The van der Waals surface area contributed by atoms with Gasteiger partial charge in [0.05, 0.1) is 12.9 Å². The van der Waals surface area contributed by atoms with Gasteiger partial charge < -0.3 is 35.4 Å². The molecule has 0 saturated carbocycles. The van der Waals surface area contributed by atoms with Gasteiger partial charge in [-0.1, -0.05) is 0 Å². The van der Waals surface area contributed by atoms with Gasteiger partial charge in [-0.2, -0.15) is 4.98 Å². The smallest absolute Gasteiger partial charge is 0.387 e. The molecule has 0 aromatic carbocycles. The Hall–Kier alpha value is -1.29. The van der Waals surface area contributed by atoms with Crippen LogP contribution in [0.3, 0.4) is 0 Å². The maximum absolute atomic E-state index is 11.8. The predicted octanol–water partition coefficient (Wildman–Crippen LogP) is -2.34. The first kappa shape index (κ1) is 21.4. The number of nitrogens with zero attached hydrogens (tertiary/aromatic N) is 3. The monoisotopic (exact) mass is 459 g/mol. The second-order valence-corrected chi connectivity index (χ2v) is 9.91. The van der Waals surface area contributed by atoms with E-state index < -0.39 is 51.2 Å². The number of anilines is 1. The van der Waals surface area contributed by atoms with Crippen LogP contribution in [0.15, 0.2) is 11.1 Å². The minimum Gasteiger partial charge on any atom is -0.387 e. The van der Waals surface area contributed by atoms with E-state index in [2.05, 4.69) is 35.6 Å². The van der Waals surface area contributed by atoms with Crippen LogP contribution in [-0.2, 0) is 29.9 Å². The van der Waals surface area contributed by atoms with E-state index in [-0.39, 0.29) is 17.1 Å². The fourth-order valence-electron chi connectivity index (χ4n) is 2.55. The Bertz CT molecular complexity index is 1040.